The molecule has 6 heteroatoms. The summed E-state index contributed by atoms with van der Waals surface area (Å²) in [5.74, 6) is 4.37. The summed E-state index contributed by atoms with van der Waals surface area (Å²) in [7, 11) is 0. The Hall–Kier alpha value is -2.11. The number of nitrogen functional groups attached to an aromatic ring is 1. The monoisotopic (exact) mass is 299 g/mol. The minimum Gasteiger partial charge on any atom is -0.464 e. The largest absolute Gasteiger partial charge is 0.464 e. The SMILES string of the molecule is CCc1ccc(C2CCCN2c2nc(N)nc(C3CC3)n2)o1. The Balaban J connectivity index is 1.65. The lowest BCUT2D eigenvalue weighted by Gasteiger charge is -2.23. The average molecular weight is 299 g/mol. The van der Waals surface area contributed by atoms with Gasteiger partial charge in [0.25, 0.3) is 0 Å². The topological polar surface area (TPSA) is 81.1 Å². The van der Waals surface area contributed by atoms with E-state index in [0.29, 0.717) is 17.8 Å². The van der Waals surface area contributed by atoms with Crippen LogP contribution in [0.2, 0.25) is 0 Å². The summed E-state index contributed by atoms with van der Waals surface area (Å²) in [6, 6.07) is 4.34. The lowest BCUT2D eigenvalue weighted by molar-refractivity contribution is 0.433. The van der Waals surface area contributed by atoms with Gasteiger partial charge in [-0.3, -0.25) is 0 Å². The summed E-state index contributed by atoms with van der Waals surface area (Å²) in [4.78, 5) is 15.5. The summed E-state index contributed by atoms with van der Waals surface area (Å²) < 4.78 is 5.94. The van der Waals surface area contributed by atoms with Crippen molar-refractivity contribution in [2.45, 2.75) is 51.0 Å². The molecule has 3 heterocycles. The number of anilines is 2. The molecule has 1 unspecified atom stereocenters. The number of hydrogen-bond acceptors (Lipinski definition) is 6. The molecule has 0 spiro atoms. The van der Waals surface area contributed by atoms with Gasteiger partial charge in [0, 0.05) is 18.9 Å². The quantitative estimate of drug-likeness (QED) is 0.935. The maximum atomic E-state index is 5.94. The maximum Gasteiger partial charge on any atom is 0.231 e. The second-order valence-corrected chi connectivity index (χ2v) is 6.14. The van der Waals surface area contributed by atoms with Crippen LogP contribution in [0.3, 0.4) is 0 Å². The number of nitrogens with zero attached hydrogens (tertiary/aromatic N) is 4. The Kier molecular flexibility index (Phi) is 3.24. The van der Waals surface area contributed by atoms with Crippen LogP contribution in [-0.4, -0.2) is 21.5 Å². The highest BCUT2D eigenvalue weighted by Gasteiger charge is 2.33. The van der Waals surface area contributed by atoms with E-state index in [0.717, 1.165) is 56.0 Å². The van der Waals surface area contributed by atoms with Crippen molar-refractivity contribution in [2.75, 3.05) is 17.2 Å². The highest BCUT2D eigenvalue weighted by molar-refractivity contribution is 5.40. The minimum atomic E-state index is 0.203. The van der Waals surface area contributed by atoms with Crippen molar-refractivity contribution in [3.8, 4) is 0 Å². The molecule has 1 saturated carbocycles. The van der Waals surface area contributed by atoms with Gasteiger partial charge < -0.3 is 15.1 Å². The van der Waals surface area contributed by atoms with Crippen LogP contribution in [0.5, 0.6) is 0 Å². The normalized spacial score (nSPS) is 21.5. The van der Waals surface area contributed by atoms with Gasteiger partial charge >= 0.3 is 0 Å². The Bertz CT molecular complexity index is 679. The third-order valence-electron chi connectivity index (χ3n) is 4.47. The van der Waals surface area contributed by atoms with Crippen molar-refractivity contribution in [2.24, 2.45) is 0 Å². The van der Waals surface area contributed by atoms with E-state index in [4.69, 9.17) is 10.2 Å². The van der Waals surface area contributed by atoms with Crippen molar-refractivity contribution in [3.05, 3.63) is 29.5 Å². The molecule has 2 fully saturated rings. The van der Waals surface area contributed by atoms with Crippen LogP contribution in [0, 0.1) is 0 Å². The molecule has 116 valence electrons. The number of aromatic nitrogens is 3. The standard InChI is InChI=1S/C16H21N5O/c1-2-11-7-8-13(22-11)12-4-3-9-21(12)16-19-14(10-5-6-10)18-15(17)20-16/h7-8,10,12H,2-6,9H2,1H3,(H2,17,18,19,20). The Labute approximate surface area is 129 Å². The third kappa shape index (κ3) is 2.42. The van der Waals surface area contributed by atoms with Crippen LogP contribution in [-0.2, 0) is 6.42 Å². The lowest BCUT2D eigenvalue weighted by Crippen LogP contribution is -2.25. The molecule has 0 amide bonds. The molecule has 0 bridgehead atoms. The average Bonchev–Trinajstić information content (AvgIpc) is 3.07. The fourth-order valence-electron chi connectivity index (χ4n) is 3.12. The molecule has 0 radical (unpaired) electrons. The Morgan fingerprint density at radius 2 is 2.09 bits per heavy atom. The second kappa shape index (κ2) is 5.26. The van der Waals surface area contributed by atoms with Crippen LogP contribution in [0.4, 0.5) is 11.9 Å². The first-order valence-corrected chi connectivity index (χ1v) is 8.11. The molecule has 2 aromatic rings. The van der Waals surface area contributed by atoms with Gasteiger partial charge in [0.2, 0.25) is 11.9 Å². The van der Waals surface area contributed by atoms with Crippen molar-refractivity contribution in [1.29, 1.82) is 0 Å². The molecule has 1 atom stereocenters. The van der Waals surface area contributed by atoms with Gasteiger partial charge in [0.05, 0.1) is 6.04 Å². The van der Waals surface area contributed by atoms with Gasteiger partial charge in [0.15, 0.2) is 0 Å². The predicted octanol–water partition coefficient (Wildman–Crippen LogP) is 2.83. The van der Waals surface area contributed by atoms with Gasteiger partial charge in [-0.05, 0) is 37.8 Å². The van der Waals surface area contributed by atoms with Crippen molar-refractivity contribution < 1.29 is 4.42 Å². The molecule has 2 N–H and O–H groups in total. The molecule has 1 aliphatic carbocycles. The van der Waals surface area contributed by atoms with Crippen molar-refractivity contribution in [1.82, 2.24) is 15.0 Å². The van der Waals surface area contributed by atoms with Gasteiger partial charge in [-0.2, -0.15) is 15.0 Å². The second-order valence-electron chi connectivity index (χ2n) is 6.14. The molecule has 1 aliphatic heterocycles. The van der Waals surface area contributed by atoms with E-state index in [-0.39, 0.29) is 6.04 Å². The molecule has 22 heavy (non-hydrogen) atoms. The van der Waals surface area contributed by atoms with E-state index in [1.165, 1.54) is 0 Å². The number of hydrogen-bond donors (Lipinski definition) is 1. The van der Waals surface area contributed by atoms with Gasteiger partial charge in [-0.25, -0.2) is 0 Å². The number of aryl methyl sites for hydroxylation is 1. The molecular weight excluding hydrogens is 278 g/mol. The fourth-order valence-corrected chi connectivity index (χ4v) is 3.12. The summed E-state index contributed by atoms with van der Waals surface area (Å²) in [6.45, 7) is 3.03. The molecule has 6 nitrogen and oxygen atoms in total. The van der Waals surface area contributed by atoms with Gasteiger partial charge in [-0.1, -0.05) is 6.92 Å². The minimum absolute atomic E-state index is 0.203. The highest BCUT2D eigenvalue weighted by atomic mass is 16.3. The molecule has 2 aromatic heterocycles. The fraction of sp³-hybridized carbons (Fsp3) is 0.562. The summed E-state index contributed by atoms with van der Waals surface area (Å²) in [5, 5.41) is 0. The van der Waals surface area contributed by atoms with E-state index >= 15 is 0 Å². The first kappa shape index (κ1) is 13.5. The lowest BCUT2D eigenvalue weighted by atomic mass is 10.2. The first-order chi connectivity index (χ1) is 10.7. The van der Waals surface area contributed by atoms with Crippen molar-refractivity contribution in [3.63, 3.8) is 0 Å². The predicted molar refractivity (Wildman–Crippen MR) is 83.6 cm³/mol. The van der Waals surface area contributed by atoms with E-state index in [2.05, 4.69) is 38.9 Å². The summed E-state index contributed by atoms with van der Waals surface area (Å²) in [6.07, 6.45) is 5.39. The molecule has 0 aromatic carbocycles. The molecule has 4 rings (SSSR count). The van der Waals surface area contributed by atoms with Gasteiger partial charge in [-0.15, -0.1) is 0 Å². The van der Waals surface area contributed by atoms with Crippen LogP contribution >= 0.6 is 0 Å². The van der Waals surface area contributed by atoms with Crippen LogP contribution in [0.15, 0.2) is 16.5 Å². The van der Waals surface area contributed by atoms with Crippen LogP contribution in [0.1, 0.15) is 61.9 Å². The molecule has 1 saturated heterocycles. The number of furan rings is 1. The highest BCUT2D eigenvalue weighted by Crippen LogP contribution is 2.40. The van der Waals surface area contributed by atoms with E-state index in [9.17, 15) is 0 Å². The van der Waals surface area contributed by atoms with E-state index in [1.807, 2.05) is 0 Å². The number of nitrogens with two attached hydrogens (primary N) is 1. The van der Waals surface area contributed by atoms with Crippen LogP contribution in [0.25, 0.3) is 0 Å². The van der Waals surface area contributed by atoms with E-state index in [1.54, 1.807) is 0 Å². The number of rotatable bonds is 4. The first-order valence-electron chi connectivity index (χ1n) is 8.11. The summed E-state index contributed by atoms with van der Waals surface area (Å²) in [5.41, 5.74) is 5.89. The van der Waals surface area contributed by atoms with Crippen LogP contribution < -0.4 is 10.6 Å². The zero-order valence-electron chi connectivity index (χ0n) is 12.8. The zero-order valence-corrected chi connectivity index (χ0v) is 12.8. The zero-order chi connectivity index (χ0) is 15.1. The smallest absolute Gasteiger partial charge is 0.231 e. The molecule has 2 aliphatic rings. The molecular formula is C16H21N5O. The Morgan fingerprint density at radius 3 is 2.82 bits per heavy atom. The van der Waals surface area contributed by atoms with Crippen molar-refractivity contribution >= 4 is 11.9 Å². The Morgan fingerprint density at radius 1 is 1.23 bits per heavy atom. The summed E-state index contributed by atoms with van der Waals surface area (Å²) >= 11 is 0. The van der Waals surface area contributed by atoms with Gasteiger partial charge in [0.1, 0.15) is 17.3 Å². The maximum absolute atomic E-state index is 5.94. The third-order valence-corrected chi connectivity index (χ3v) is 4.47. The van der Waals surface area contributed by atoms with E-state index < -0.39 is 0 Å².